The Morgan fingerprint density at radius 1 is 1.22 bits per heavy atom. The average Bonchev–Trinajstić information content (AvgIpc) is 2.86. The van der Waals surface area contributed by atoms with Gasteiger partial charge in [-0.3, -0.25) is 0 Å². The van der Waals surface area contributed by atoms with Gasteiger partial charge in [-0.15, -0.1) is 0 Å². The number of nitrogens with zero attached hydrogens (tertiary/aromatic N) is 1. The first-order chi connectivity index (χ1) is 11.1. The second kappa shape index (κ2) is 5.25. The van der Waals surface area contributed by atoms with Crippen molar-refractivity contribution >= 4 is 16.9 Å². The number of nitrogens with one attached hydrogen (secondary N) is 1. The Hall–Kier alpha value is -2.59. The quantitative estimate of drug-likeness (QED) is 0.724. The van der Waals surface area contributed by atoms with Gasteiger partial charge in [0.1, 0.15) is 0 Å². The average molecular weight is 306 g/mol. The fourth-order valence-electron chi connectivity index (χ4n) is 3.49. The molecular formula is C19H18N2O2. The highest BCUT2D eigenvalue weighted by Crippen LogP contribution is 2.34. The van der Waals surface area contributed by atoms with Gasteiger partial charge in [0.05, 0.1) is 5.56 Å². The van der Waals surface area contributed by atoms with Crippen molar-refractivity contribution in [2.24, 2.45) is 0 Å². The molecule has 0 aliphatic carbocycles. The maximum atomic E-state index is 11.3. The van der Waals surface area contributed by atoms with Crippen molar-refractivity contribution in [3.8, 4) is 11.3 Å². The molecule has 2 aromatic carbocycles. The standard InChI is InChI=1S/C19H18N2O2/c1-12-3-2-4-15-11-20-7-8-21-16-10-14(19(22)23)6-5-13(16)9-17(21)18(12)15/h2-6,9-10,20H,7-8,11H2,1H3,(H,22,23). The van der Waals surface area contributed by atoms with Crippen molar-refractivity contribution in [3.63, 3.8) is 0 Å². The summed E-state index contributed by atoms with van der Waals surface area (Å²) in [6, 6.07) is 13.9. The van der Waals surface area contributed by atoms with E-state index in [-0.39, 0.29) is 0 Å². The minimum Gasteiger partial charge on any atom is -0.478 e. The van der Waals surface area contributed by atoms with Crippen LogP contribution in [0.5, 0.6) is 0 Å². The summed E-state index contributed by atoms with van der Waals surface area (Å²) in [5, 5.41) is 13.8. The maximum Gasteiger partial charge on any atom is 0.335 e. The Balaban J connectivity index is 2.04. The molecule has 3 aromatic rings. The number of carboxylic acid groups (broad SMARTS) is 1. The van der Waals surface area contributed by atoms with Gasteiger partial charge in [0.25, 0.3) is 0 Å². The third-order valence-corrected chi connectivity index (χ3v) is 4.59. The lowest BCUT2D eigenvalue weighted by molar-refractivity contribution is 0.0697. The van der Waals surface area contributed by atoms with Crippen molar-refractivity contribution < 1.29 is 9.90 Å². The van der Waals surface area contributed by atoms with E-state index >= 15 is 0 Å². The Morgan fingerprint density at radius 3 is 2.91 bits per heavy atom. The predicted octanol–water partition coefficient (Wildman–Crippen LogP) is 3.42. The van der Waals surface area contributed by atoms with Gasteiger partial charge in [-0.25, -0.2) is 4.79 Å². The lowest BCUT2D eigenvalue weighted by Gasteiger charge is -2.20. The van der Waals surface area contributed by atoms with Crippen molar-refractivity contribution in [3.05, 3.63) is 59.2 Å². The van der Waals surface area contributed by atoms with Crippen LogP contribution in [0, 0.1) is 6.92 Å². The van der Waals surface area contributed by atoms with E-state index in [2.05, 4.69) is 41.1 Å². The van der Waals surface area contributed by atoms with E-state index in [0.29, 0.717) is 5.56 Å². The van der Waals surface area contributed by atoms with Gasteiger partial charge in [0.15, 0.2) is 0 Å². The summed E-state index contributed by atoms with van der Waals surface area (Å²) < 4.78 is 2.24. The summed E-state index contributed by atoms with van der Waals surface area (Å²) in [4.78, 5) is 11.3. The van der Waals surface area contributed by atoms with Gasteiger partial charge < -0.3 is 15.0 Å². The van der Waals surface area contributed by atoms with Crippen LogP contribution in [0.15, 0.2) is 42.5 Å². The number of hydrogen-bond donors (Lipinski definition) is 2. The number of hydrogen-bond acceptors (Lipinski definition) is 2. The molecular weight excluding hydrogens is 288 g/mol. The molecule has 0 unspecified atom stereocenters. The van der Waals surface area contributed by atoms with Gasteiger partial charge in [-0.05, 0) is 36.2 Å². The highest BCUT2D eigenvalue weighted by Gasteiger charge is 2.18. The number of rotatable bonds is 1. The first kappa shape index (κ1) is 14.0. The highest BCUT2D eigenvalue weighted by atomic mass is 16.4. The number of benzene rings is 2. The van der Waals surface area contributed by atoms with Crippen LogP contribution in [-0.4, -0.2) is 22.2 Å². The molecule has 2 heterocycles. The molecule has 4 rings (SSSR count). The first-order valence-corrected chi connectivity index (χ1v) is 7.81. The van der Waals surface area contributed by atoms with Gasteiger partial charge >= 0.3 is 5.97 Å². The number of aromatic nitrogens is 1. The molecule has 1 aliphatic rings. The summed E-state index contributed by atoms with van der Waals surface area (Å²) in [6.07, 6.45) is 0. The van der Waals surface area contributed by atoms with E-state index in [1.54, 1.807) is 12.1 Å². The Bertz CT molecular complexity index is 925. The minimum absolute atomic E-state index is 0.332. The fraction of sp³-hybridized carbons (Fsp3) is 0.211. The largest absolute Gasteiger partial charge is 0.478 e. The molecule has 23 heavy (non-hydrogen) atoms. The lowest BCUT2D eigenvalue weighted by atomic mass is 9.98. The molecule has 1 aromatic heterocycles. The van der Waals surface area contributed by atoms with Crippen molar-refractivity contribution in [2.75, 3.05) is 6.54 Å². The zero-order chi connectivity index (χ0) is 16.0. The summed E-state index contributed by atoms with van der Waals surface area (Å²) >= 11 is 0. The zero-order valence-corrected chi connectivity index (χ0v) is 13.0. The molecule has 0 bridgehead atoms. The Morgan fingerprint density at radius 2 is 2.09 bits per heavy atom. The second-order valence-corrected chi connectivity index (χ2v) is 6.05. The van der Waals surface area contributed by atoms with Crippen LogP contribution >= 0.6 is 0 Å². The Kier molecular flexibility index (Phi) is 3.20. The SMILES string of the molecule is Cc1cccc2c1-c1cc3ccc(C(=O)O)cc3n1CCNC2. The van der Waals surface area contributed by atoms with Crippen LogP contribution in [0.2, 0.25) is 0 Å². The van der Waals surface area contributed by atoms with Crippen molar-refractivity contribution in [1.82, 2.24) is 9.88 Å². The van der Waals surface area contributed by atoms with Crippen molar-refractivity contribution in [2.45, 2.75) is 20.0 Å². The molecule has 2 N–H and O–H groups in total. The Labute approximate surface area is 134 Å². The van der Waals surface area contributed by atoms with E-state index in [1.807, 2.05) is 6.07 Å². The van der Waals surface area contributed by atoms with Gasteiger partial charge in [-0.2, -0.15) is 0 Å². The zero-order valence-electron chi connectivity index (χ0n) is 13.0. The van der Waals surface area contributed by atoms with E-state index < -0.39 is 5.97 Å². The summed E-state index contributed by atoms with van der Waals surface area (Å²) in [5.41, 5.74) is 6.28. The summed E-state index contributed by atoms with van der Waals surface area (Å²) in [6.45, 7) is 4.68. The highest BCUT2D eigenvalue weighted by molar-refractivity contribution is 5.95. The molecule has 116 valence electrons. The number of aryl methyl sites for hydroxylation is 1. The van der Waals surface area contributed by atoms with E-state index in [9.17, 15) is 9.90 Å². The number of carbonyl (C=O) groups is 1. The molecule has 0 spiro atoms. The second-order valence-electron chi connectivity index (χ2n) is 6.05. The summed E-state index contributed by atoms with van der Waals surface area (Å²) in [7, 11) is 0. The normalized spacial score (nSPS) is 14.0. The molecule has 0 fully saturated rings. The van der Waals surface area contributed by atoms with Crippen LogP contribution in [-0.2, 0) is 13.1 Å². The van der Waals surface area contributed by atoms with Crippen molar-refractivity contribution in [1.29, 1.82) is 0 Å². The summed E-state index contributed by atoms with van der Waals surface area (Å²) in [5.74, 6) is -0.886. The third kappa shape index (κ3) is 2.23. The molecule has 1 aliphatic heterocycles. The predicted molar refractivity (Wildman–Crippen MR) is 90.8 cm³/mol. The van der Waals surface area contributed by atoms with Crippen LogP contribution < -0.4 is 5.32 Å². The number of aromatic carboxylic acids is 1. The smallest absolute Gasteiger partial charge is 0.335 e. The van der Waals surface area contributed by atoms with Crippen LogP contribution in [0.1, 0.15) is 21.5 Å². The van der Waals surface area contributed by atoms with Gasteiger partial charge in [-0.1, -0.05) is 24.3 Å². The lowest BCUT2D eigenvalue weighted by Crippen LogP contribution is -2.23. The van der Waals surface area contributed by atoms with E-state index in [4.69, 9.17) is 0 Å². The maximum absolute atomic E-state index is 11.3. The van der Waals surface area contributed by atoms with E-state index in [1.165, 1.54) is 22.4 Å². The molecule has 0 saturated heterocycles. The van der Waals surface area contributed by atoms with Crippen LogP contribution in [0.4, 0.5) is 0 Å². The molecule has 4 nitrogen and oxygen atoms in total. The topological polar surface area (TPSA) is 54.3 Å². The van der Waals surface area contributed by atoms with E-state index in [0.717, 1.165) is 30.5 Å². The third-order valence-electron chi connectivity index (χ3n) is 4.59. The molecule has 4 heteroatoms. The minimum atomic E-state index is -0.886. The molecule has 0 atom stereocenters. The van der Waals surface area contributed by atoms with Gasteiger partial charge in [0, 0.05) is 41.8 Å². The number of carboxylic acids is 1. The van der Waals surface area contributed by atoms with Gasteiger partial charge in [0.2, 0.25) is 0 Å². The number of fused-ring (bicyclic) bond motifs is 5. The van der Waals surface area contributed by atoms with Crippen LogP contribution in [0.25, 0.3) is 22.2 Å². The monoisotopic (exact) mass is 306 g/mol. The molecule has 0 radical (unpaired) electrons. The van der Waals surface area contributed by atoms with Crippen LogP contribution in [0.3, 0.4) is 0 Å². The fourth-order valence-corrected chi connectivity index (χ4v) is 3.49. The first-order valence-electron chi connectivity index (χ1n) is 7.81. The molecule has 0 amide bonds. The molecule has 0 saturated carbocycles.